The van der Waals surface area contributed by atoms with E-state index < -0.39 is 129 Å². The first-order valence-corrected chi connectivity index (χ1v) is 39.0. The highest BCUT2D eigenvalue weighted by atomic mass is 32.2. The number of unbranched alkanes of at least 4 members (excludes halogenated alkanes) is 1. The van der Waals surface area contributed by atoms with Gasteiger partial charge in [-0.3, -0.25) is 43.6 Å². The summed E-state index contributed by atoms with van der Waals surface area (Å²) in [5.74, 6) is -6.30. The molecule has 0 spiro atoms. The van der Waals surface area contributed by atoms with Crippen LogP contribution in [0.1, 0.15) is 129 Å². The number of methoxy groups -OCH3 is 1. The molecule has 0 radical (unpaired) electrons. The summed E-state index contributed by atoms with van der Waals surface area (Å²) in [4.78, 5) is 136. The second-order valence-corrected chi connectivity index (χ2v) is 31.4. The Balaban J connectivity index is 0.995. The summed E-state index contributed by atoms with van der Waals surface area (Å²) in [5.41, 5.74) is 10.0. The van der Waals surface area contributed by atoms with Gasteiger partial charge in [-0.1, -0.05) is 152 Å². The van der Waals surface area contributed by atoms with Crippen molar-refractivity contribution in [2.75, 3.05) is 26.8 Å². The lowest BCUT2D eigenvalue weighted by molar-refractivity contribution is -0.147. The fourth-order valence-electron chi connectivity index (χ4n) is 14.5. The van der Waals surface area contributed by atoms with Gasteiger partial charge < -0.3 is 61.1 Å². The lowest BCUT2D eigenvalue weighted by Crippen LogP contribution is -2.60. The summed E-state index contributed by atoms with van der Waals surface area (Å²) in [6, 6.07) is 35.3. The molecule has 8 aromatic rings. The zero-order chi connectivity index (χ0) is 81.5. The third kappa shape index (κ3) is 20.0. The van der Waals surface area contributed by atoms with Gasteiger partial charge >= 0.3 is 18.2 Å². The van der Waals surface area contributed by atoms with E-state index >= 15 is 19.2 Å². The van der Waals surface area contributed by atoms with Crippen molar-refractivity contribution in [3.63, 3.8) is 0 Å². The lowest BCUT2D eigenvalue weighted by atomic mass is 9.77. The number of nitrogens with one attached hydrogen (secondary N) is 8. The minimum absolute atomic E-state index is 0.0142. The van der Waals surface area contributed by atoms with Crippen LogP contribution in [0.4, 0.5) is 9.59 Å². The first-order chi connectivity index (χ1) is 53.8. The second-order valence-electron chi connectivity index (χ2n) is 29.8. The average Bonchev–Trinajstić information content (AvgIpc) is 1.73. The molecule has 2 aliphatic heterocycles. The number of imidazole rings is 1. The fourth-order valence-corrected chi connectivity index (χ4v) is 16.0. The standard InChI is InChI=1S/C84H99N13O15S/c1-11-43-110-80(105)88-41-27-26-38-65(78(104)109-10)91-75(101)67(45-56-49-96(81(106)112-82(5,6)7)68-40-25-24-37-61(56)68)92-73(99)64(39-28-42-87-79(86)94-113(107,108)72-53(3)52(2)71-62(54(72)4)48-83(8,9)111-71)90-74(100)66(44-55-29-16-12-17-30-55)93-76(102)69(97-70(98)47-63(85)77(97)103)46-60-50-95(51-89-60)84(57-31-18-13-19-32-57,58-33-20-14-21-34-58)59-35-22-15-23-36-59/h11-25,29-37,40,49-51,63-67,69H,1,26-28,38-39,41-48,85H2,2-10H3,(H,88,105)(H,90,100)(H,91,101)(H,92,99)(H,93,102)(H3,86,87,94)/t63-,64-,65-,66+,67-,69-/m0/s1. The zero-order valence-electron chi connectivity index (χ0n) is 64.9. The van der Waals surface area contributed by atoms with Crippen LogP contribution in [0.3, 0.4) is 0 Å². The van der Waals surface area contributed by atoms with E-state index in [0.717, 1.165) is 34.3 Å². The Morgan fingerprint density at radius 1 is 0.690 bits per heavy atom. The zero-order valence-corrected chi connectivity index (χ0v) is 65.7. The maximum Gasteiger partial charge on any atom is 0.419 e. The molecule has 596 valence electrons. The Bertz CT molecular complexity index is 4850. The van der Waals surface area contributed by atoms with E-state index in [0.29, 0.717) is 57.3 Å². The topological polar surface area (TPSA) is 385 Å². The number of ether oxygens (including phenoxy) is 4. The van der Waals surface area contributed by atoms with Crippen LogP contribution >= 0.6 is 0 Å². The number of hydrogen-bond acceptors (Lipinski definition) is 18. The molecule has 28 nitrogen and oxygen atoms in total. The van der Waals surface area contributed by atoms with Gasteiger partial charge in [-0.25, -0.2) is 32.5 Å². The van der Waals surface area contributed by atoms with E-state index in [2.05, 4.69) is 43.2 Å². The highest BCUT2D eigenvalue weighted by Gasteiger charge is 2.46. The SMILES string of the molecule is C=CCOC(=O)NCCCC[C@H](NC(=O)[C@H](Cc1cn(C(=O)OC(C)(C)C)c2ccccc12)NC(=O)[C@H](CCCNC(=N)NS(=O)(=O)c1c(C)c(C)c2c(c1C)CC(C)(C)O2)NC(=O)[C@@H](Cc1ccccc1)NC(=O)[C@H](Cc1cn(C(c2ccccc2)(c2ccccc2)c2ccccc2)cn1)N1C(=O)C[C@H](N)C1=O)C(=O)OC. The number of amides is 7. The summed E-state index contributed by atoms with van der Waals surface area (Å²) < 4.78 is 56.4. The van der Waals surface area contributed by atoms with E-state index in [4.69, 9.17) is 35.1 Å². The van der Waals surface area contributed by atoms with Crippen molar-refractivity contribution in [3.05, 3.63) is 233 Å². The van der Waals surface area contributed by atoms with Crippen LogP contribution in [0.25, 0.3) is 10.9 Å². The summed E-state index contributed by atoms with van der Waals surface area (Å²) >= 11 is 0. The maximum absolute atomic E-state index is 15.7. The highest BCUT2D eigenvalue weighted by molar-refractivity contribution is 7.90. The Morgan fingerprint density at radius 3 is 1.83 bits per heavy atom. The van der Waals surface area contributed by atoms with E-state index in [-0.39, 0.29) is 75.2 Å². The van der Waals surface area contributed by atoms with Gasteiger partial charge in [0.1, 0.15) is 59.3 Å². The number of aromatic nitrogens is 3. The minimum atomic E-state index is -4.42. The van der Waals surface area contributed by atoms with Crippen molar-refractivity contribution in [1.29, 1.82) is 5.41 Å². The smallest absolute Gasteiger partial charge is 0.419 e. The van der Waals surface area contributed by atoms with Gasteiger partial charge in [-0.15, -0.1) is 0 Å². The predicted octanol–water partition coefficient (Wildman–Crippen LogP) is 8.06. The molecule has 10 N–H and O–H groups in total. The lowest BCUT2D eigenvalue weighted by Gasteiger charge is -2.37. The molecule has 7 amide bonds. The number of guanidine groups is 1. The molecular formula is C84H99N13O15S. The first kappa shape index (κ1) is 83.5. The average molecular weight is 1560 g/mol. The number of rotatable bonds is 33. The van der Waals surface area contributed by atoms with Crippen molar-refractivity contribution in [3.8, 4) is 5.75 Å². The van der Waals surface area contributed by atoms with E-state index in [1.54, 1.807) is 109 Å². The number of likely N-dealkylation sites (tertiary alicyclic amines) is 1. The largest absolute Gasteiger partial charge is 0.487 e. The third-order valence-corrected chi connectivity index (χ3v) is 21.5. The summed E-state index contributed by atoms with van der Waals surface area (Å²) in [7, 11) is -3.29. The Labute approximate surface area is 657 Å². The summed E-state index contributed by atoms with van der Waals surface area (Å²) in [6.07, 6.45) is 3.98. The number of nitrogens with two attached hydrogens (primary N) is 1. The Morgan fingerprint density at radius 2 is 1.24 bits per heavy atom. The molecule has 2 aromatic heterocycles. The normalized spacial score (nSPS) is 15.2. The number of para-hydroxylation sites is 1. The van der Waals surface area contributed by atoms with Crippen LogP contribution in [-0.4, -0.2) is 161 Å². The van der Waals surface area contributed by atoms with Crippen molar-refractivity contribution < 1.29 is 70.5 Å². The molecule has 2 aliphatic rings. The number of hydrogen-bond donors (Lipinski definition) is 9. The monoisotopic (exact) mass is 1560 g/mol. The molecule has 0 aliphatic carbocycles. The quantitative estimate of drug-likeness (QED) is 0.00274. The molecule has 113 heavy (non-hydrogen) atoms. The van der Waals surface area contributed by atoms with Crippen molar-refractivity contribution in [2.45, 2.75) is 177 Å². The van der Waals surface area contributed by atoms with Gasteiger partial charge in [-0.05, 0) is 138 Å². The van der Waals surface area contributed by atoms with Crippen molar-refractivity contribution >= 4 is 80.5 Å². The van der Waals surface area contributed by atoms with Crippen LogP contribution in [-0.2, 0) is 89.0 Å². The minimum Gasteiger partial charge on any atom is -0.487 e. The number of carbonyl (C=O) groups excluding carboxylic acids is 9. The molecule has 0 unspecified atom stereocenters. The molecular weight excluding hydrogens is 1460 g/mol. The van der Waals surface area contributed by atoms with Gasteiger partial charge in [0, 0.05) is 62.1 Å². The maximum atomic E-state index is 15.7. The van der Waals surface area contributed by atoms with Crippen molar-refractivity contribution in [2.24, 2.45) is 5.73 Å². The fraction of sp³-hybridized carbons (Fsp3) is 0.369. The summed E-state index contributed by atoms with van der Waals surface area (Å²) in [5, 5.41) is 26.0. The van der Waals surface area contributed by atoms with Gasteiger partial charge in [0.25, 0.3) is 10.0 Å². The molecule has 0 bridgehead atoms. The molecule has 6 atom stereocenters. The molecule has 1 saturated heterocycles. The Kier molecular flexibility index (Phi) is 26.9. The van der Waals surface area contributed by atoms with Crippen molar-refractivity contribution in [1.82, 2.24) is 55.6 Å². The molecule has 1 fully saturated rings. The van der Waals surface area contributed by atoms with Gasteiger partial charge in [0.05, 0.1) is 42.0 Å². The molecule has 29 heteroatoms. The number of esters is 1. The number of imide groups is 1. The van der Waals surface area contributed by atoms with Crippen LogP contribution in [0.15, 0.2) is 182 Å². The highest BCUT2D eigenvalue weighted by Crippen LogP contribution is 2.45. The number of benzene rings is 6. The Hall–Kier alpha value is -12.0. The first-order valence-electron chi connectivity index (χ1n) is 37.5. The third-order valence-electron chi connectivity index (χ3n) is 19.9. The molecule has 10 rings (SSSR count). The second kappa shape index (κ2) is 36.5. The van der Waals surface area contributed by atoms with Crippen LogP contribution in [0.5, 0.6) is 5.75 Å². The van der Waals surface area contributed by atoms with Crippen LogP contribution in [0, 0.1) is 26.2 Å². The van der Waals surface area contributed by atoms with Gasteiger partial charge in [0.15, 0.2) is 0 Å². The predicted molar refractivity (Wildman–Crippen MR) is 424 cm³/mol. The number of nitrogens with zero attached hydrogens (tertiary/aromatic N) is 4. The number of carbonyl (C=O) groups is 9. The summed E-state index contributed by atoms with van der Waals surface area (Å²) in [6.45, 7) is 17.5. The van der Waals surface area contributed by atoms with Gasteiger partial charge in [-0.2, -0.15) is 0 Å². The van der Waals surface area contributed by atoms with Crippen LogP contribution in [0.2, 0.25) is 0 Å². The molecule has 0 saturated carbocycles. The molecule has 6 aromatic carbocycles. The number of fused-ring (bicyclic) bond motifs is 2. The van der Waals surface area contributed by atoms with Gasteiger partial charge in [0.2, 0.25) is 41.4 Å². The molecule has 4 heterocycles. The van der Waals surface area contributed by atoms with Crippen LogP contribution < -0.4 is 47.1 Å². The van der Waals surface area contributed by atoms with E-state index in [1.165, 1.54) is 16.8 Å². The van der Waals surface area contributed by atoms with E-state index in [9.17, 15) is 32.4 Å². The van der Waals surface area contributed by atoms with E-state index in [1.807, 2.05) is 109 Å². The number of sulfonamides is 1. The number of alkyl carbamates (subject to hydrolysis) is 1.